The number of fused-ring (bicyclic) bond motifs is 1. The van der Waals surface area contributed by atoms with Crippen molar-refractivity contribution in [3.8, 4) is 11.1 Å². The summed E-state index contributed by atoms with van der Waals surface area (Å²) in [5.41, 5.74) is 6.74. The third-order valence-corrected chi connectivity index (χ3v) is 4.94. The Kier molecular flexibility index (Phi) is 5.18. The maximum Gasteiger partial charge on any atom is 0.165 e. The van der Waals surface area contributed by atoms with Gasteiger partial charge < -0.3 is 15.1 Å². The Labute approximate surface area is 167 Å². The number of aliphatic hydroxyl groups is 1. The predicted octanol–water partition coefficient (Wildman–Crippen LogP) is 4.63. The van der Waals surface area contributed by atoms with E-state index < -0.39 is 0 Å². The second kappa shape index (κ2) is 7.92. The molecule has 0 saturated carbocycles. The number of hydrogen-bond acceptors (Lipinski definition) is 6. The highest BCUT2D eigenvalue weighted by Gasteiger charge is 2.10. The van der Waals surface area contributed by atoms with Gasteiger partial charge in [0.2, 0.25) is 0 Å². The van der Waals surface area contributed by atoms with Crippen molar-refractivity contribution in [2.75, 3.05) is 16.3 Å². The Morgan fingerprint density at radius 2 is 2.04 bits per heavy atom. The summed E-state index contributed by atoms with van der Waals surface area (Å²) in [6.45, 7) is 2.08. The zero-order valence-electron chi connectivity index (χ0n) is 15.7. The van der Waals surface area contributed by atoms with Crippen LogP contribution in [0.25, 0.3) is 16.8 Å². The van der Waals surface area contributed by atoms with Crippen LogP contribution in [-0.2, 0) is 6.61 Å². The first-order valence-corrected chi connectivity index (χ1v) is 10.1. The van der Waals surface area contributed by atoms with Crippen molar-refractivity contribution in [1.29, 1.82) is 0 Å². The van der Waals surface area contributed by atoms with Crippen LogP contribution in [0, 0.1) is 6.92 Å². The number of hydrogen-bond donors (Lipinski definition) is 3. The molecule has 28 heavy (non-hydrogen) atoms. The van der Waals surface area contributed by atoms with Crippen molar-refractivity contribution in [1.82, 2.24) is 14.6 Å². The zero-order valence-corrected chi connectivity index (χ0v) is 16.5. The highest BCUT2D eigenvalue weighted by Crippen LogP contribution is 2.27. The van der Waals surface area contributed by atoms with Crippen molar-refractivity contribution in [2.24, 2.45) is 0 Å². The number of benzene rings is 2. The molecule has 2 aromatic carbocycles. The first-order valence-electron chi connectivity index (χ1n) is 8.89. The van der Waals surface area contributed by atoms with Crippen LogP contribution in [-0.4, -0.2) is 26.0 Å². The molecule has 0 aliphatic heterocycles. The molecule has 3 N–H and O–H groups in total. The van der Waals surface area contributed by atoms with Gasteiger partial charge in [-0.3, -0.25) is 0 Å². The van der Waals surface area contributed by atoms with E-state index in [1.807, 2.05) is 48.9 Å². The highest BCUT2D eigenvalue weighted by atomic mass is 32.2. The molecule has 4 aromatic rings. The van der Waals surface area contributed by atoms with Crippen molar-refractivity contribution >= 4 is 34.8 Å². The van der Waals surface area contributed by atoms with Gasteiger partial charge in [0.15, 0.2) is 5.65 Å². The predicted molar refractivity (Wildman–Crippen MR) is 116 cm³/mol. The lowest BCUT2D eigenvalue weighted by atomic mass is 10.1. The zero-order chi connectivity index (χ0) is 19.5. The van der Waals surface area contributed by atoms with Gasteiger partial charge in [-0.25, -0.2) is 9.50 Å². The van der Waals surface area contributed by atoms with E-state index in [0.717, 1.165) is 39.5 Å². The van der Waals surface area contributed by atoms with Gasteiger partial charge in [-0.1, -0.05) is 36.2 Å². The van der Waals surface area contributed by atoms with E-state index in [-0.39, 0.29) is 6.61 Å². The van der Waals surface area contributed by atoms with E-state index in [0.29, 0.717) is 0 Å². The largest absolute Gasteiger partial charge is 0.392 e. The Balaban J connectivity index is 1.69. The molecule has 0 unspecified atom stereocenters. The normalized spacial score (nSPS) is 11.0. The fraction of sp³-hybridized carbons (Fsp3) is 0.143. The van der Waals surface area contributed by atoms with E-state index in [1.54, 1.807) is 22.7 Å². The summed E-state index contributed by atoms with van der Waals surface area (Å²) in [5, 5.41) is 17.2. The third-order valence-electron chi connectivity index (χ3n) is 4.51. The number of aliphatic hydroxyl groups excluding tert-OH is 1. The first-order chi connectivity index (χ1) is 13.7. The molecule has 0 radical (unpaired) electrons. The molecular weight excluding hydrogens is 370 g/mol. The molecule has 2 aromatic heterocycles. The smallest absolute Gasteiger partial charge is 0.165 e. The minimum atomic E-state index is 0.00707. The standard InChI is InChI=1S/C21H21N5OS/c1-14-6-7-17(11-19(14)25-28-2)23-20-8-9-26-21(24-20)18(12-22-26)16-5-3-4-15(10-16)13-27/h3-12,25,27H,13H2,1-2H3,(H,23,24). The molecule has 0 fully saturated rings. The lowest BCUT2D eigenvalue weighted by Gasteiger charge is -2.11. The number of nitrogens with zero attached hydrogens (tertiary/aromatic N) is 3. The van der Waals surface area contributed by atoms with Gasteiger partial charge in [0.25, 0.3) is 0 Å². The summed E-state index contributed by atoms with van der Waals surface area (Å²) >= 11 is 1.57. The quantitative estimate of drug-likeness (QED) is 0.416. The van der Waals surface area contributed by atoms with Crippen LogP contribution in [0.5, 0.6) is 0 Å². The number of rotatable bonds is 6. The molecule has 0 aliphatic rings. The van der Waals surface area contributed by atoms with Crippen molar-refractivity contribution < 1.29 is 5.11 Å². The molecule has 0 saturated heterocycles. The average molecular weight is 392 g/mol. The minimum absolute atomic E-state index is 0.00707. The fourth-order valence-electron chi connectivity index (χ4n) is 3.05. The second-order valence-electron chi connectivity index (χ2n) is 6.46. The molecule has 0 amide bonds. The van der Waals surface area contributed by atoms with Crippen LogP contribution in [0.15, 0.2) is 60.9 Å². The monoisotopic (exact) mass is 391 g/mol. The van der Waals surface area contributed by atoms with Crippen LogP contribution in [0.1, 0.15) is 11.1 Å². The molecule has 2 heterocycles. The van der Waals surface area contributed by atoms with Gasteiger partial charge >= 0.3 is 0 Å². The van der Waals surface area contributed by atoms with Crippen molar-refractivity contribution in [3.63, 3.8) is 0 Å². The van der Waals surface area contributed by atoms with E-state index in [9.17, 15) is 5.11 Å². The lowest BCUT2D eigenvalue weighted by Crippen LogP contribution is -1.98. The number of aryl methyl sites for hydroxylation is 1. The Bertz CT molecular complexity index is 1120. The molecular formula is C21H21N5OS. The molecule has 0 aliphatic carbocycles. The molecule has 4 rings (SSSR count). The van der Waals surface area contributed by atoms with Gasteiger partial charge in [-0.15, -0.1) is 0 Å². The van der Waals surface area contributed by atoms with Gasteiger partial charge in [-0.05, 0) is 47.9 Å². The van der Waals surface area contributed by atoms with Gasteiger partial charge in [-0.2, -0.15) is 5.10 Å². The van der Waals surface area contributed by atoms with E-state index in [4.69, 9.17) is 4.98 Å². The maximum absolute atomic E-state index is 9.41. The Morgan fingerprint density at radius 3 is 2.86 bits per heavy atom. The summed E-state index contributed by atoms with van der Waals surface area (Å²) in [5.74, 6) is 0.742. The second-order valence-corrected chi connectivity index (χ2v) is 7.07. The molecule has 142 valence electrons. The number of nitrogens with one attached hydrogen (secondary N) is 2. The van der Waals surface area contributed by atoms with Crippen LogP contribution in [0.4, 0.5) is 17.2 Å². The fourth-order valence-corrected chi connectivity index (χ4v) is 3.49. The number of aromatic nitrogens is 3. The van der Waals surface area contributed by atoms with E-state index in [2.05, 4.69) is 34.2 Å². The molecule has 7 heteroatoms. The molecule has 0 bridgehead atoms. The van der Waals surface area contributed by atoms with E-state index >= 15 is 0 Å². The summed E-state index contributed by atoms with van der Waals surface area (Å²) in [4.78, 5) is 4.76. The highest BCUT2D eigenvalue weighted by molar-refractivity contribution is 7.99. The molecule has 0 spiro atoms. The van der Waals surface area contributed by atoms with Crippen LogP contribution in [0.3, 0.4) is 0 Å². The van der Waals surface area contributed by atoms with Crippen LogP contribution in [0.2, 0.25) is 0 Å². The van der Waals surface area contributed by atoms with Crippen molar-refractivity contribution in [3.05, 3.63) is 72.1 Å². The van der Waals surface area contributed by atoms with Gasteiger partial charge in [0.1, 0.15) is 5.82 Å². The lowest BCUT2D eigenvalue weighted by molar-refractivity contribution is 0.282. The topological polar surface area (TPSA) is 74.5 Å². The summed E-state index contributed by atoms with van der Waals surface area (Å²) in [6, 6.07) is 15.9. The molecule has 6 nitrogen and oxygen atoms in total. The third kappa shape index (κ3) is 3.67. The van der Waals surface area contributed by atoms with Crippen LogP contribution < -0.4 is 10.0 Å². The van der Waals surface area contributed by atoms with Crippen molar-refractivity contribution in [2.45, 2.75) is 13.5 Å². The summed E-state index contributed by atoms with van der Waals surface area (Å²) in [6.07, 6.45) is 5.69. The summed E-state index contributed by atoms with van der Waals surface area (Å²) < 4.78 is 5.04. The maximum atomic E-state index is 9.41. The molecule has 0 atom stereocenters. The van der Waals surface area contributed by atoms with Gasteiger partial charge in [0, 0.05) is 29.4 Å². The van der Waals surface area contributed by atoms with Crippen LogP contribution >= 0.6 is 11.9 Å². The first kappa shape index (κ1) is 18.3. The SMILES string of the molecule is CSNc1cc(Nc2ccn3ncc(-c4cccc(CO)c4)c3n2)ccc1C. The summed E-state index contributed by atoms with van der Waals surface area (Å²) in [7, 11) is 0. The minimum Gasteiger partial charge on any atom is -0.392 e. The Hall–Kier alpha value is -3.03. The number of anilines is 3. The van der Waals surface area contributed by atoms with Gasteiger partial charge in [0.05, 0.1) is 12.8 Å². The average Bonchev–Trinajstić information content (AvgIpc) is 3.14. The van der Waals surface area contributed by atoms with E-state index in [1.165, 1.54) is 5.56 Å². The Morgan fingerprint density at radius 1 is 1.14 bits per heavy atom.